The summed E-state index contributed by atoms with van der Waals surface area (Å²) in [7, 11) is 0. The number of rotatable bonds is 4. The van der Waals surface area contributed by atoms with Crippen LogP contribution in [-0.2, 0) is 6.42 Å². The summed E-state index contributed by atoms with van der Waals surface area (Å²) in [5, 5.41) is 6.91. The molecule has 1 aromatic carbocycles. The molecule has 18 heavy (non-hydrogen) atoms. The number of aromatic amines is 1. The molecule has 0 aliphatic carbocycles. The molecule has 0 atom stereocenters. The summed E-state index contributed by atoms with van der Waals surface area (Å²) < 4.78 is 13.8. The molecule has 0 bridgehead atoms. The molecule has 0 aliphatic rings. The van der Waals surface area contributed by atoms with E-state index in [1.807, 2.05) is 0 Å². The van der Waals surface area contributed by atoms with Crippen molar-refractivity contribution in [1.82, 2.24) is 10.2 Å². The van der Waals surface area contributed by atoms with Crippen LogP contribution in [0.15, 0.2) is 24.3 Å². The van der Waals surface area contributed by atoms with Crippen molar-refractivity contribution in [3.8, 4) is 11.1 Å². The molecule has 0 saturated heterocycles. The average molecular weight is 247 g/mol. The Morgan fingerprint density at radius 3 is 2.72 bits per heavy atom. The summed E-state index contributed by atoms with van der Waals surface area (Å²) in [5.74, 6) is 0.679. The van der Waals surface area contributed by atoms with Gasteiger partial charge in [0.1, 0.15) is 5.82 Å². The standard InChI is InChI=1S/C14H18FN3/c1-9(2)7-8-12-13(14(16)18-17-12)10-5-3-4-6-11(10)15/h3-6,9H,7-8H2,1-2H3,(H3,16,17,18). The van der Waals surface area contributed by atoms with E-state index in [0.29, 0.717) is 22.9 Å². The Bertz CT molecular complexity index is 532. The number of nitrogen functional groups attached to an aromatic ring is 1. The van der Waals surface area contributed by atoms with Crippen LogP contribution in [0.25, 0.3) is 11.1 Å². The fourth-order valence-corrected chi connectivity index (χ4v) is 1.97. The summed E-state index contributed by atoms with van der Waals surface area (Å²) in [6.07, 6.45) is 1.84. The van der Waals surface area contributed by atoms with Gasteiger partial charge >= 0.3 is 0 Å². The summed E-state index contributed by atoms with van der Waals surface area (Å²) >= 11 is 0. The predicted molar refractivity (Wildman–Crippen MR) is 71.6 cm³/mol. The van der Waals surface area contributed by atoms with Crippen LogP contribution in [0.3, 0.4) is 0 Å². The van der Waals surface area contributed by atoms with Gasteiger partial charge in [-0.15, -0.1) is 0 Å². The van der Waals surface area contributed by atoms with E-state index in [1.54, 1.807) is 18.2 Å². The van der Waals surface area contributed by atoms with Gasteiger partial charge in [0.25, 0.3) is 0 Å². The Balaban J connectivity index is 2.38. The zero-order chi connectivity index (χ0) is 13.1. The summed E-state index contributed by atoms with van der Waals surface area (Å²) in [6, 6.07) is 6.64. The zero-order valence-corrected chi connectivity index (χ0v) is 10.7. The van der Waals surface area contributed by atoms with E-state index in [2.05, 4.69) is 24.0 Å². The largest absolute Gasteiger partial charge is 0.382 e. The molecule has 4 heteroatoms. The Hall–Kier alpha value is -1.84. The van der Waals surface area contributed by atoms with E-state index in [4.69, 9.17) is 5.73 Å². The molecule has 1 aromatic heterocycles. The Labute approximate surface area is 106 Å². The van der Waals surface area contributed by atoms with Gasteiger partial charge in [0.15, 0.2) is 5.82 Å². The summed E-state index contributed by atoms with van der Waals surface area (Å²) in [5.41, 5.74) is 7.97. The highest BCUT2D eigenvalue weighted by atomic mass is 19.1. The van der Waals surface area contributed by atoms with Crippen molar-refractivity contribution in [2.75, 3.05) is 5.73 Å². The second-order valence-corrected chi connectivity index (χ2v) is 4.87. The van der Waals surface area contributed by atoms with Crippen LogP contribution in [0, 0.1) is 11.7 Å². The maximum absolute atomic E-state index is 13.8. The number of H-pyrrole nitrogens is 1. The van der Waals surface area contributed by atoms with Crippen LogP contribution in [0.5, 0.6) is 0 Å². The van der Waals surface area contributed by atoms with Gasteiger partial charge in [0, 0.05) is 16.8 Å². The molecular formula is C14H18FN3. The number of aryl methyl sites for hydroxylation is 1. The number of aromatic nitrogens is 2. The van der Waals surface area contributed by atoms with E-state index in [9.17, 15) is 4.39 Å². The number of nitrogens with two attached hydrogens (primary N) is 1. The monoisotopic (exact) mass is 247 g/mol. The van der Waals surface area contributed by atoms with Crippen molar-refractivity contribution >= 4 is 5.82 Å². The highest BCUT2D eigenvalue weighted by Crippen LogP contribution is 2.31. The van der Waals surface area contributed by atoms with Crippen LogP contribution in [0.1, 0.15) is 26.0 Å². The highest BCUT2D eigenvalue weighted by molar-refractivity contribution is 5.76. The molecule has 3 nitrogen and oxygen atoms in total. The summed E-state index contributed by atoms with van der Waals surface area (Å²) in [4.78, 5) is 0. The molecule has 2 aromatic rings. The molecule has 3 N–H and O–H groups in total. The lowest BCUT2D eigenvalue weighted by atomic mass is 9.99. The number of hydrogen-bond donors (Lipinski definition) is 2. The quantitative estimate of drug-likeness (QED) is 0.870. The second kappa shape index (κ2) is 5.21. The first-order chi connectivity index (χ1) is 8.59. The number of hydrogen-bond acceptors (Lipinski definition) is 2. The van der Waals surface area contributed by atoms with Crippen LogP contribution in [0.2, 0.25) is 0 Å². The van der Waals surface area contributed by atoms with Crippen LogP contribution >= 0.6 is 0 Å². The SMILES string of the molecule is CC(C)CCc1[nH]nc(N)c1-c1ccccc1F. The van der Waals surface area contributed by atoms with E-state index >= 15 is 0 Å². The third-order valence-corrected chi connectivity index (χ3v) is 2.98. The molecule has 0 aliphatic heterocycles. The van der Waals surface area contributed by atoms with Crippen molar-refractivity contribution in [3.63, 3.8) is 0 Å². The van der Waals surface area contributed by atoms with E-state index in [1.165, 1.54) is 6.07 Å². The van der Waals surface area contributed by atoms with Gasteiger partial charge in [-0.05, 0) is 24.8 Å². The second-order valence-electron chi connectivity index (χ2n) is 4.87. The number of anilines is 1. The molecule has 0 spiro atoms. The van der Waals surface area contributed by atoms with E-state index < -0.39 is 0 Å². The minimum absolute atomic E-state index is 0.267. The Morgan fingerprint density at radius 2 is 2.06 bits per heavy atom. The first-order valence-corrected chi connectivity index (χ1v) is 6.17. The van der Waals surface area contributed by atoms with Gasteiger partial charge < -0.3 is 5.73 Å². The number of nitrogens with zero attached hydrogens (tertiary/aromatic N) is 1. The first-order valence-electron chi connectivity index (χ1n) is 6.17. The minimum atomic E-state index is -0.267. The molecule has 0 fully saturated rings. The fourth-order valence-electron chi connectivity index (χ4n) is 1.97. The van der Waals surface area contributed by atoms with Crippen molar-refractivity contribution in [3.05, 3.63) is 35.8 Å². The first kappa shape index (κ1) is 12.6. The van der Waals surface area contributed by atoms with E-state index in [0.717, 1.165) is 18.5 Å². The van der Waals surface area contributed by atoms with Gasteiger partial charge in [0.2, 0.25) is 0 Å². The molecule has 0 saturated carbocycles. The lowest BCUT2D eigenvalue weighted by molar-refractivity contribution is 0.581. The lowest BCUT2D eigenvalue weighted by Crippen LogP contribution is -1.96. The van der Waals surface area contributed by atoms with Crippen LogP contribution < -0.4 is 5.73 Å². The highest BCUT2D eigenvalue weighted by Gasteiger charge is 2.16. The molecule has 0 radical (unpaired) electrons. The van der Waals surface area contributed by atoms with E-state index in [-0.39, 0.29) is 5.82 Å². The van der Waals surface area contributed by atoms with Crippen LogP contribution in [0.4, 0.5) is 10.2 Å². The number of benzene rings is 1. The van der Waals surface area contributed by atoms with Crippen molar-refractivity contribution < 1.29 is 4.39 Å². The topological polar surface area (TPSA) is 54.7 Å². The Kier molecular flexibility index (Phi) is 3.65. The lowest BCUT2D eigenvalue weighted by Gasteiger charge is -2.07. The normalized spacial score (nSPS) is 11.1. The maximum atomic E-state index is 13.8. The number of halogens is 1. The third-order valence-electron chi connectivity index (χ3n) is 2.98. The summed E-state index contributed by atoms with van der Waals surface area (Å²) in [6.45, 7) is 4.31. The minimum Gasteiger partial charge on any atom is -0.382 e. The molecule has 0 amide bonds. The van der Waals surface area contributed by atoms with Gasteiger partial charge in [0.05, 0.1) is 0 Å². The predicted octanol–water partition coefficient (Wildman–Crippen LogP) is 3.39. The smallest absolute Gasteiger partial charge is 0.153 e. The van der Waals surface area contributed by atoms with Gasteiger partial charge in [-0.25, -0.2) is 4.39 Å². The molecule has 2 rings (SSSR count). The molecule has 0 unspecified atom stereocenters. The molecular weight excluding hydrogens is 229 g/mol. The maximum Gasteiger partial charge on any atom is 0.153 e. The van der Waals surface area contributed by atoms with Gasteiger partial charge in [-0.2, -0.15) is 5.10 Å². The van der Waals surface area contributed by atoms with Crippen molar-refractivity contribution in [2.45, 2.75) is 26.7 Å². The van der Waals surface area contributed by atoms with Crippen molar-refractivity contribution in [2.24, 2.45) is 5.92 Å². The number of nitrogens with one attached hydrogen (secondary N) is 1. The fraction of sp³-hybridized carbons (Fsp3) is 0.357. The Morgan fingerprint density at radius 1 is 1.33 bits per heavy atom. The molecule has 96 valence electrons. The van der Waals surface area contributed by atoms with Crippen LogP contribution in [-0.4, -0.2) is 10.2 Å². The third kappa shape index (κ3) is 2.53. The van der Waals surface area contributed by atoms with Crippen molar-refractivity contribution in [1.29, 1.82) is 0 Å². The zero-order valence-electron chi connectivity index (χ0n) is 10.7. The van der Waals surface area contributed by atoms with Gasteiger partial charge in [-0.3, -0.25) is 5.10 Å². The average Bonchev–Trinajstić information content (AvgIpc) is 2.69. The van der Waals surface area contributed by atoms with Gasteiger partial charge in [-0.1, -0.05) is 32.0 Å². The molecule has 1 heterocycles.